The van der Waals surface area contributed by atoms with Crippen molar-refractivity contribution in [3.63, 3.8) is 0 Å². The van der Waals surface area contributed by atoms with Gasteiger partial charge in [0.25, 0.3) is 5.91 Å². The number of nitrogens with zero attached hydrogens (tertiary/aromatic N) is 2. The summed E-state index contributed by atoms with van der Waals surface area (Å²) in [7, 11) is 0. The van der Waals surface area contributed by atoms with Gasteiger partial charge in [-0.1, -0.05) is 17.7 Å². The molecule has 7 heteroatoms. The van der Waals surface area contributed by atoms with Crippen LogP contribution in [0.25, 0.3) is 0 Å². The molecule has 2 aromatic rings. The Morgan fingerprint density at radius 3 is 2.55 bits per heavy atom. The van der Waals surface area contributed by atoms with Crippen molar-refractivity contribution in [3.05, 3.63) is 52.3 Å². The van der Waals surface area contributed by atoms with Gasteiger partial charge in [-0.15, -0.1) is 10.2 Å². The highest BCUT2D eigenvalue weighted by molar-refractivity contribution is 6.29. The van der Waals surface area contributed by atoms with E-state index in [4.69, 9.17) is 17.3 Å². The maximum atomic E-state index is 12.0. The third kappa shape index (κ3) is 2.92. The first-order valence-corrected chi connectivity index (χ1v) is 6.07. The zero-order chi connectivity index (χ0) is 14.7. The average molecular weight is 291 g/mol. The van der Waals surface area contributed by atoms with Crippen molar-refractivity contribution >= 4 is 29.1 Å². The molecule has 3 N–H and O–H groups in total. The summed E-state index contributed by atoms with van der Waals surface area (Å²) >= 11 is 5.60. The van der Waals surface area contributed by atoms with Gasteiger partial charge in [0.05, 0.1) is 0 Å². The molecule has 1 aromatic carbocycles. The standard InChI is InChI=1S/C13H11ClN4O2/c1-7-8(12(15)19)3-2-4-9(7)16-13(20)10-5-6-11(14)18-17-10/h2-6H,1H3,(H2,15,19)(H,16,20). The minimum atomic E-state index is -0.551. The monoisotopic (exact) mass is 290 g/mol. The zero-order valence-electron chi connectivity index (χ0n) is 10.6. The topological polar surface area (TPSA) is 98.0 Å². The molecule has 0 saturated heterocycles. The van der Waals surface area contributed by atoms with Gasteiger partial charge in [0.2, 0.25) is 5.91 Å². The molecule has 0 aliphatic heterocycles. The fourth-order valence-electron chi connectivity index (χ4n) is 1.66. The molecule has 2 amide bonds. The van der Waals surface area contributed by atoms with Crippen LogP contribution in [-0.2, 0) is 0 Å². The van der Waals surface area contributed by atoms with E-state index in [1.807, 2.05) is 0 Å². The van der Waals surface area contributed by atoms with E-state index in [0.717, 1.165) is 0 Å². The van der Waals surface area contributed by atoms with Gasteiger partial charge in [-0.2, -0.15) is 0 Å². The van der Waals surface area contributed by atoms with Crippen molar-refractivity contribution in [2.75, 3.05) is 5.32 Å². The molecule has 1 heterocycles. The molecule has 2 rings (SSSR count). The molecule has 0 unspecified atom stereocenters. The fraction of sp³-hybridized carbons (Fsp3) is 0.0769. The molecule has 0 spiro atoms. The number of carbonyl (C=O) groups is 2. The highest BCUT2D eigenvalue weighted by Gasteiger charge is 2.13. The number of anilines is 1. The van der Waals surface area contributed by atoms with Crippen molar-refractivity contribution in [1.29, 1.82) is 0 Å². The Kier molecular flexibility index (Phi) is 3.95. The van der Waals surface area contributed by atoms with Crippen LogP contribution in [0.4, 0.5) is 5.69 Å². The van der Waals surface area contributed by atoms with Crippen molar-refractivity contribution < 1.29 is 9.59 Å². The highest BCUT2D eigenvalue weighted by Crippen LogP contribution is 2.19. The minimum Gasteiger partial charge on any atom is -0.366 e. The second-order valence-corrected chi connectivity index (χ2v) is 4.43. The first-order chi connectivity index (χ1) is 9.49. The molecule has 0 fully saturated rings. The smallest absolute Gasteiger partial charge is 0.276 e. The lowest BCUT2D eigenvalue weighted by atomic mass is 10.1. The third-order valence-electron chi connectivity index (χ3n) is 2.71. The normalized spacial score (nSPS) is 10.1. The molecular formula is C13H11ClN4O2. The maximum Gasteiger partial charge on any atom is 0.276 e. The number of primary amides is 1. The van der Waals surface area contributed by atoms with Crippen LogP contribution in [0.1, 0.15) is 26.4 Å². The van der Waals surface area contributed by atoms with Crippen LogP contribution >= 0.6 is 11.6 Å². The van der Waals surface area contributed by atoms with Crippen LogP contribution in [0.2, 0.25) is 5.15 Å². The predicted octanol–water partition coefficient (Wildman–Crippen LogP) is 1.79. The Hall–Kier alpha value is -2.47. The summed E-state index contributed by atoms with van der Waals surface area (Å²) in [6.45, 7) is 1.70. The molecular weight excluding hydrogens is 280 g/mol. The van der Waals surface area contributed by atoms with E-state index in [1.54, 1.807) is 25.1 Å². The number of nitrogens with two attached hydrogens (primary N) is 1. The molecule has 1 aromatic heterocycles. The van der Waals surface area contributed by atoms with E-state index in [1.165, 1.54) is 12.1 Å². The minimum absolute atomic E-state index is 0.123. The van der Waals surface area contributed by atoms with Gasteiger partial charge < -0.3 is 11.1 Å². The van der Waals surface area contributed by atoms with E-state index in [9.17, 15) is 9.59 Å². The summed E-state index contributed by atoms with van der Waals surface area (Å²) in [6.07, 6.45) is 0. The van der Waals surface area contributed by atoms with Crippen molar-refractivity contribution in [2.24, 2.45) is 5.73 Å². The molecule has 0 saturated carbocycles. The molecule has 0 aliphatic rings. The van der Waals surface area contributed by atoms with Gasteiger partial charge >= 0.3 is 0 Å². The lowest BCUT2D eigenvalue weighted by molar-refractivity contribution is 0.0994. The summed E-state index contributed by atoms with van der Waals surface area (Å²) in [6, 6.07) is 7.82. The fourth-order valence-corrected chi connectivity index (χ4v) is 1.76. The quantitative estimate of drug-likeness (QED) is 0.900. The summed E-state index contributed by atoms with van der Waals surface area (Å²) < 4.78 is 0. The predicted molar refractivity (Wildman–Crippen MR) is 74.7 cm³/mol. The summed E-state index contributed by atoms with van der Waals surface area (Å²) in [5, 5.41) is 10.1. The Morgan fingerprint density at radius 2 is 1.95 bits per heavy atom. The highest BCUT2D eigenvalue weighted by atomic mass is 35.5. The number of carbonyl (C=O) groups excluding carboxylic acids is 2. The number of halogens is 1. The number of amides is 2. The van der Waals surface area contributed by atoms with E-state index in [-0.39, 0.29) is 10.8 Å². The lowest BCUT2D eigenvalue weighted by Gasteiger charge is -2.10. The van der Waals surface area contributed by atoms with Crippen LogP contribution < -0.4 is 11.1 Å². The Bertz CT molecular complexity index is 671. The second kappa shape index (κ2) is 5.66. The Morgan fingerprint density at radius 1 is 1.20 bits per heavy atom. The van der Waals surface area contributed by atoms with Gasteiger partial charge in [0, 0.05) is 11.3 Å². The van der Waals surface area contributed by atoms with E-state index < -0.39 is 11.8 Å². The molecule has 6 nitrogen and oxygen atoms in total. The van der Waals surface area contributed by atoms with Gasteiger partial charge in [0.1, 0.15) is 0 Å². The van der Waals surface area contributed by atoms with E-state index in [2.05, 4.69) is 15.5 Å². The Labute approximate surface area is 120 Å². The van der Waals surface area contributed by atoms with Gasteiger partial charge in [-0.05, 0) is 36.8 Å². The van der Waals surface area contributed by atoms with Crippen LogP contribution in [0.5, 0.6) is 0 Å². The molecule has 0 aliphatic carbocycles. The zero-order valence-corrected chi connectivity index (χ0v) is 11.3. The number of rotatable bonds is 3. The van der Waals surface area contributed by atoms with E-state index >= 15 is 0 Å². The summed E-state index contributed by atoms with van der Waals surface area (Å²) in [4.78, 5) is 23.2. The molecule has 20 heavy (non-hydrogen) atoms. The van der Waals surface area contributed by atoms with Crippen LogP contribution in [0.15, 0.2) is 30.3 Å². The number of hydrogen-bond acceptors (Lipinski definition) is 4. The molecule has 102 valence electrons. The molecule has 0 radical (unpaired) electrons. The lowest BCUT2D eigenvalue weighted by Crippen LogP contribution is -2.17. The molecule has 0 atom stereocenters. The van der Waals surface area contributed by atoms with Crippen molar-refractivity contribution in [1.82, 2.24) is 10.2 Å². The first kappa shape index (κ1) is 14.0. The van der Waals surface area contributed by atoms with E-state index in [0.29, 0.717) is 16.8 Å². The van der Waals surface area contributed by atoms with Gasteiger partial charge in [0.15, 0.2) is 10.8 Å². The van der Waals surface area contributed by atoms with Crippen LogP contribution in [0.3, 0.4) is 0 Å². The van der Waals surface area contributed by atoms with Gasteiger partial charge in [-0.25, -0.2) is 0 Å². The summed E-state index contributed by atoms with van der Waals surface area (Å²) in [5.74, 6) is -0.997. The summed E-state index contributed by atoms with van der Waals surface area (Å²) in [5.41, 5.74) is 6.81. The number of hydrogen-bond donors (Lipinski definition) is 2. The molecule has 0 bridgehead atoms. The third-order valence-corrected chi connectivity index (χ3v) is 2.91. The maximum absolute atomic E-state index is 12.0. The van der Waals surface area contributed by atoms with Crippen LogP contribution in [-0.4, -0.2) is 22.0 Å². The van der Waals surface area contributed by atoms with Crippen LogP contribution in [0, 0.1) is 6.92 Å². The van der Waals surface area contributed by atoms with Gasteiger partial charge in [-0.3, -0.25) is 9.59 Å². The largest absolute Gasteiger partial charge is 0.366 e. The van der Waals surface area contributed by atoms with Crippen molar-refractivity contribution in [2.45, 2.75) is 6.92 Å². The number of aromatic nitrogens is 2. The number of nitrogens with one attached hydrogen (secondary N) is 1. The SMILES string of the molecule is Cc1c(NC(=O)c2ccc(Cl)nn2)cccc1C(N)=O. The average Bonchev–Trinajstić information content (AvgIpc) is 2.41. The number of benzene rings is 1. The van der Waals surface area contributed by atoms with Crippen molar-refractivity contribution in [3.8, 4) is 0 Å². The second-order valence-electron chi connectivity index (χ2n) is 4.04. The first-order valence-electron chi connectivity index (χ1n) is 5.69. The Balaban J connectivity index is 2.26.